The third kappa shape index (κ3) is 3.23. The molecule has 108 valence electrons. The van der Waals surface area contributed by atoms with E-state index in [1.54, 1.807) is 24.3 Å². The lowest BCUT2D eigenvalue weighted by molar-refractivity contribution is -0.115. The Morgan fingerprint density at radius 3 is 2.81 bits per heavy atom. The number of fused-ring (bicyclic) bond motifs is 1. The minimum absolute atomic E-state index is 0.0420. The number of hydrogen-bond donors (Lipinski definition) is 3. The van der Waals surface area contributed by atoms with E-state index in [-0.39, 0.29) is 11.7 Å². The van der Waals surface area contributed by atoms with Crippen LogP contribution < -0.4 is 10.6 Å². The van der Waals surface area contributed by atoms with Crippen LogP contribution in [-0.4, -0.2) is 17.6 Å². The Morgan fingerprint density at radius 2 is 2.00 bits per heavy atom. The maximum atomic E-state index is 12.2. The number of carbonyl (C=O) groups is 1. The molecule has 1 aliphatic heterocycles. The van der Waals surface area contributed by atoms with Gasteiger partial charge in [-0.15, -0.1) is 0 Å². The van der Waals surface area contributed by atoms with Gasteiger partial charge >= 0.3 is 0 Å². The molecule has 2 aromatic rings. The molecule has 0 saturated heterocycles. The molecule has 21 heavy (non-hydrogen) atoms. The number of amides is 1. The summed E-state index contributed by atoms with van der Waals surface area (Å²) in [5, 5.41) is 15.6. The number of carbonyl (C=O) groups excluding carboxylic acids is 1. The van der Waals surface area contributed by atoms with Crippen LogP contribution in [0.25, 0.3) is 0 Å². The highest BCUT2D eigenvalue weighted by molar-refractivity contribution is 5.93. The van der Waals surface area contributed by atoms with Crippen molar-refractivity contribution in [1.29, 1.82) is 0 Å². The van der Waals surface area contributed by atoms with Crippen molar-refractivity contribution in [1.82, 2.24) is 5.32 Å². The van der Waals surface area contributed by atoms with Crippen molar-refractivity contribution in [2.24, 2.45) is 0 Å². The van der Waals surface area contributed by atoms with Gasteiger partial charge < -0.3 is 15.7 Å². The number of rotatable bonds is 3. The van der Waals surface area contributed by atoms with Gasteiger partial charge in [-0.2, -0.15) is 0 Å². The molecule has 0 unspecified atom stereocenters. The predicted octanol–water partition coefficient (Wildman–Crippen LogP) is 2.22. The molecule has 4 heteroatoms. The maximum Gasteiger partial charge on any atom is 0.228 e. The number of benzene rings is 2. The molecule has 4 nitrogen and oxygen atoms in total. The Hall–Kier alpha value is -2.33. The average molecular weight is 282 g/mol. The zero-order valence-corrected chi connectivity index (χ0v) is 11.7. The van der Waals surface area contributed by atoms with Crippen LogP contribution in [0.4, 0.5) is 5.69 Å². The molecule has 0 fully saturated rings. The first-order chi connectivity index (χ1) is 10.2. The van der Waals surface area contributed by atoms with Crippen LogP contribution in [0.2, 0.25) is 0 Å². The van der Waals surface area contributed by atoms with E-state index in [4.69, 9.17) is 0 Å². The molecular formula is C17H18N2O2. The minimum atomic E-state index is -0.0420. The monoisotopic (exact) mass is 282 g/mol. The zero-order valence-electron chi connectivity index (χ0n) is 11.7. The second-order valence-corrected chi connectivity index (χ2v) is 5.26. The highest BCUT2D eigenvalue weighted by atomic mass is 16.3. The van der Waals surface area contributed by atoms with Crippen molar-refractivity contribution in [3.8, 4) is 5.75 Å². The highest BCUT2D eigenvalue weighted by Gasteiger charge is 2.14. The Morgan fingerprint density at radius 1 is 1.19 bits per heavy atom. The van der Waals surface area contributed by atoms with Crippen LogP contribution in [0, 0.1) is 0 Å². The SMILES string of the molecule is O=C(Cc1ccc(O)cc1)Nc1cccc2c1CNCC2. The summed E-state index contributed by atoms with van der Waals surface area (Å²) in [5.41, 5.74) is 4.26. The third-order valence-electron chi connectivity index (χ3n) is 3.72. The maximum absolute atomic E-state index is 12.2. The van der Waals surface area contributed by atoms with Crippen LogP contribution in [0.15, 0.2) is 42.5 Å². The third-order valence-corrected chi connectivity index (χ3v) is 3.72. The predicted molar refractivity (Wildman–Crippen MR) is 82.3 cm³/mol. The molecule has 1 heterocycles. The molecule has 3 rings (SSSR count). The first kappa shape index (κ1) is 13.6. The van der Waals surface area contributed by atoms with E-state index in [0.29, 0.717) is 6.42 Å². The van der Waals surface area contributed by atoms with Crippen LogP contribution in [-0.2, 0) is 24.2 Å². The highest BCUT2D eigenvalue weighted by Crippen LogP contribution is 2.23. The molecule has 0 bridgehead atoms. The summed E-state index contributed by atoms with van der Waals surface area (Å²) >= 11 is 0. The Labute approximate surface area is 123 Å². The number of hydrogen-bond acceptors (Lipinski definition) is 3. The number of nitrogens with one attached hydrogen (secondary N) is 2. The average Bonchev–Trinajstić information content (AvgIpc) is 2.50. The van der Waals surface area contributed by atoms with Crippen molar-refractivity contribution in [3.63, 3.8) is 0 Å². The van der Waals surface area contributed by atoms with E-state index >= 15 is 0 Å². The van der Waals surface area contributed by atoms with Crippen molar-refractivity contribution in [3.05, 3.63) is 59.2 Å². The van der Waals surface area contributed by atoms with E-state index in [9.17, 15) is 9.90 Å². The van der Waals surface area contributed by atoms with Gasteiger partial charge in [0.15, 0.2) is 0 Å². The number of phenolic OH excluding ortho intramolecular Hbond substituents is 1. The van der Waals surface area contributed by atoms with E-state index in [2.05, 4.69) is 16.7 Å². The fourth-order valence-corrected chi connectivity index (χ4v) is 2.62. The topological polar surface area (TPSA) is 61.4 Å². The summed E-state index contributed by atoms with van der Waals surface area (Å²) in [5.74, 6) is 0.169. The molecule has 1 amide bonds. The van der Waals surface area contributed by atoms with Gasteiger partial charge in [0.25, 0.3) is 0 Å². The molecule has 2 aromatic carbocycles. The number of aromatic hydroxyl groups is 1. The first-order valence-electron chi connectivity index (χ1n) is 7.11. The summed E-state index contributed by atoms with van der Waals surface area (Å²) in [6.45, 7) is 1.78. The standard InChI is InChI=1S/C17H18N2O2/c20-14-6-4-12(5-7-14)10-17(21)19-16-3-1-2-13-8-9-18-11-15(13)16/h1-7,18,20H,8-11H2,(H,19,21). The lowest BCUT2D eigenvalue weighted by Crippen LogP contribution is -2.25. The van der Waals surface area contributed by atoms with E-state index in [1.807, 2.05) is 12.1 Å². The second-order valence-electron chi connectivity index (χ2n) is 5.26. The van der Waals surface area contributed by atoms with Crippen LogP contribution >= 0.6 is 0 Å². The normalized spacial score (nSPS) is 13.5. The Balaban J connectivity index is 1.71. The lowest BCUT2D eigenvalue weighted by Gasteiger charge is -2.20. The molecule has 0 aromatic heterocycles. The summed E-state index contributed by atoms with van der Waals surface area (Å²) in [7, 11) is 0. The molecule has 0 radical (unpaired) electrons. The van der Waals surface area contributed by atoms with Crippen LogP contribution in [0.3, 0.4) is 0 Å². The second kappa shape index (κ2) is 5.97. The van der Waals surface area contributed by atoms with Gasteiger partial charge in [0.2, 0.25) is 5.91 Å². The summed E-state index contributed by atoms with van der Waals surface area (Å²) in [4.78, 5) is 12.2. The molecule has 0 spiro atoms. The fourth-order valence-electron chi connectivity index (χ4n) is 2.62. The molecule has 3 N–H and O–H groups in total. The fraction of sp³-hybridized carbons (Fsp3) is 0.235. The summed E-state index contributed by atoms with van der Waals surface area (Å²) in [6, 6.07) is 12.8. The first-order valence-corrected chi connectivity index (χ1v) is 7.11. The van der Waals surface area contributed by atoms with Gasteiger partial charge in [0.05, 0.1) is 6.42 Å². The van der Waals surface area contributed by atoms with Crippen molar-refractivity contribution in [2.45, 2.75) is 19.4 Å². The van der Waals surface area contributed by atoms with Gasteiger partial charge in [-0.05, 0) is 47.9 Å². The van der Waals surface area contributed by atoms with Crippen molar-refractivity contribution in [2.75, 3.05) is 11.9 Å². The Bertz CT molecular complexity index is 650. The van der Waals surface area contributed by atoms with Crippen LogP contribution in [0.1, 0.15) is 16.7 Å². The summed E-state index contributed by atoms with van der Waals surface area (Å²) < 4.78 is 0. The van der Waals surface area contributed by atoms with Gasteiger partial charge in [0.1, 0.15) is 5.75 Å². The quantitative estimate of drug-likeness (QED) is 0.809. The summed E-state index contributed by atoms with van der Waals surface area (Å²) in [6.07, 6.45) is 1.30. The van der Waals surface area contributed by atoms with Crippen LogP contribution in [0.5, 0.6) is 5.75 Å². The molecular weight excluding hydrogens is 264 g/mol. The van der Waals surface area contributed by atoms with E-state index < -0.39 is 0 Å². The number of anilines is 1. The van der Waals surface area contributed by atoms with Crippen molar-refractivity contribution < 1.29 is 9.90 Å². The smallest absolute Gasteiger partial charge is 0.228 e. The largest absolute Gasteiger partial charge is 0.508 e. The zero-order chi connectivity index (χ0) is 14.7. The Kier molecular flexibility index (Phi) is 3.88. The minimum Gasteiger partial charge on any atom is -0.508 e. The molecule has 1 aliphatic rings. The molecule has 0 aliphatic carbocycles. The van der Waals surface area contributed by atoms with E-state index in [1.165, 1.54) is 11.1 Å². The molecule has 0 saturated carbocycles. The van der Waals surface area contributed by atoms with Gasteiger partial charge in [0, 0.05) is 12.2 Å². The molecule has 0 atom stereocenters. The van der Waals surface area contributed by atoms with Gasteiger partial charge in [-0.1, -0.05) is 24.3 Å². The van der Waals surface area contributed by atoms with Gasteiger partial charge in [-0.25, -0.2) is 0 Å². The van der Waals surface area contributed by atoms with Crippen molar-refractivity contribution >= 4 is 11.6 Å². The van der Waals surface area contributed by atoms with E-state index in [0.717, 1.165) is 30.8 Å². The number of phenols is 1. The van der Waals surface area contributed by atoms with Gasteiger partial charge in [-0.3, -0.25) is 4.79 Å². The lowest BCUT2D eigenvalue weighted by atomic mass is 9.99.